The molecule has 19 heavy (non-hydrogen) atoms. The lowest BCUT2D eigenvalue weighted by molar-refractivity contribution is 0.629. The van der Waals surface area contributed by atoms with Crippen molar-refractivity contribution >= 4 is 44.0 Å². The van der Waals surface area contributed by atoms with Gasteiger partial charge in [-0.15, -0.1) is 0 Å². The van der Waals surface area contributed by atoms with Crippen LogP contribution in [0.4, 0.5) is 9.52 Å². The second-order valence-corrected chi connectivity index (χ2v) is 5.43. The molecule has 0 aliphatic carbocycles. The summed E-state index contributed by atoms with van der Waals surface area (Å²) in [5, 5.41) is 4.25. The SMILES string of the molecule is CCCCNC(=S)NNc1nc2cc(F)ccc2s1. The number of halogens is 1. The van der Waals surface area contributed by atoms with Crippen molar-refractivity contribution in [3.8, 4) is 0 Å². The van der Waals surface area contributed by atoms with Gasteiger partial charge in [-0.3, -0.25) is 10.9 Å². The number of hydrogen-bond donors (Lipinski definition) is 3. The molecular weight excluding hydrogens is 283 g/mol. The number of aromatic nitrogens is 1. The van der Waals surface area contributed by atoms with Crippen molar-refractivity contribution in [3.63, 3.8) is 0 Å². The van der Waals surface area contributed by atoms with Gasteiger partial charge in [-0.1, -0.05) is 24.7 Å². The molecule has 0 fully saturated rings. The zero-order valence-corrected chi connectivity index (χ0v) is 12.1. The molecule has 2 rings (SSSR count). The quantitative estimate of drug-likeness (QED) is 0.450. The molecule has 0 saturated carbocycles. The van der Waals surface area contributed by atoms with Crippen molar-refractivity contribution in [1.82, 2.24) is 15.7 Å². The Kier molecular flexibility index (Phi) is 4.86. The molecule has 0 radical (unpaired) electrons. The second-order valence-electron chi connectivity index (χ2n) is 3.99. The van der Waals surface area contributed by atoms with E-state index in [2.05, 4.69) is 28.1 Å². The minimum atomic E-state index is -0.283. The number of anilines is 1. The Labute approximate surface area is 120 Å². The van der Waals surface area contributed by atoms with Gasteiger partial charge in [0.25, 0.3) is 0 Å². The van der Waals surface area contributed by atoms with Gasteiger partial charge < -0.3 is 5.32 Å². The van der Waals surface area contributed by atoms with E-state index in [0.717, 1.165) is 24.1 Å². The van der Waals surface area contributed by atoms with Gasteiger partial charge in [0.2, 0.25) is 5.13 Å². The molecule has 102 valence electrons. The number of unbranched alkanes of at least 4 members (excludes halogenated alkanes) is 1. The van der Waals surface area contributed by atoms with Crippen LogP contribution in [0, 0.1) is 5.82 Å². The maximum absolute atomic E-state index is 13.0. The summed E-state index contributed by atoms with van der Waals surface area (Å²) in [4.78, 5) is 4.26. The van der Waals surface area contributed by atoms with Crippen LogP contribution >= 0.6 is 23.6 Å². The average molecular weight is 298 g/mol. The molecule has 2 aromatic rings. The van der Waals surface area contributed by atoms with Crippen LogP contribution in [0.15, 0.2) is 18.2 Å². The van der Waals surface area contributed by atoms with Gasteiger partial charge in [0, 0.05) is 12.6 Å². The Balaban J connectivity index is 1.89. The van der Waals surface area contributed by atoms with Gasteiger partial charge in [-0.2, -0.15) is 0 Å². The number of rotatable bonds is 5. The highest BCUT2D eigenvalue weighted by Crippen LogP contribution is 2.25. The van der Waals surface area contributed by atoms with Gasteiger partial charge in [-0.05, 0) is 30.8 Å². The van der Waals surface area contributed by atoms with Crippen molar-refractivity contribution in [2.24, 2.45) is 0 Å². The third-order valence-electron chi connectivity index (χ3n) is 2.45. The molecule has 1 heterocycles. The van der Waals surface area contributed by atoms with E-state index in [1.165, 1.54) is 23.5 Å². The molecule has 3 N–H and O–H groups in total. The smallest absolute Gasteiger partial charge is 0.202 e. The molecule has 1 aromatic heterocycles. The lowest BCUT2D eigenvalue weighted by atomic mass is 10.3. The van der Waals surface area contributed by atoms with E-state index < -0.39 is 0 Å². The van der Waals surface area contributed by atoms with Crippen molar-refractivity contribution in [1.29, 1.82) is 0 Å². The summed E-state index contributed by atoms with van der Waals surface area (Å²) in [5.74, 6) is -0.283. The van der Waals surface area contributed by atoms with E-state index in [9.17, 15) is 4.39 Å². The van der Waals surface area contributed by atoms with Gasteiger partial charge >= 0.3 is 0 Å². The van der Waals surface area contributed by atoms with Gasteiger partial charge in [-0.25, -0.2) is 9.37 Å². The molecule has 0 unspecified atom stereocenters. The molecule has 0 bridgehead atoms. The van der Waals surface area contributed by atoms with E-state index in [-0.39, 0.29) is 5.82 Å². The molecule has 0 aliphatic heterocycles. The Morgan fingerprint density at radius 1 is 1.47 bits per heavy atom. The molecule has 0 spiro atoms. The number of benzene rings is 1. The van der Waals surface area contributed by atoms with Crippen LogP contribution in [0.3, 0.4) is 0 Å². The highest BCUT2D eigenvalue weighted by atomic mass is 32.1. The Hall–Kier alpha value is -1.47. The lowest BCUT2D eigenvalue weighted by Gasteiger charge is -2.09. The van der Waals surface area contributed by atoms with Crippen molar-refractivity contribution in [2.75, 3.05) is 12.0 Å². The molecule has 7 heteroatoms. The third kappa shape index (κ3) is 4.00. The minimum Gasteiger partial charge on any atom is -0.361 e. The number of nitrogens with one attached hydrogen (secondary N) is 3. The first-order chi connectivity index (χ1) is 9.19. The first-order valence-corrected chi connectivity index (χ1v) is 7.27. The van der Waals surface area contributed by atoms with E-state index in [1.54, 1.807) is 6.07 Å². The van der Waals surface area contributed by atoms with E-state index >= 15 is 0 Å². The van der Waals surface area contributed by atoms with Gasteiger partial charge in [0.1, 0.15) is 5.82 Å². The van der Waals surface area contributed by atoms with Gasteiger partial charge in [0.15, 0.2) is 5.11 Å². The maximum atomic E-state index is 13.0. The highest BCUT2D eigenvalue weighted by Gasteiger charge is 2.04. The fraction of sp³-hybridized carbons (Fsp3) is 0.333. The Bertz CT molecular complexity index is 570. The first-order valence-electron chi connectivity index (χ1n) is 6.05. The van der Waals surface area contributed by atoms with Crippen LogP contribution in [0.25, 0.3) is 10.2 Å². The number of hydrogen-bond acceptors (Lipinski definition) is 4. The van der Waals surface area contributed by atoms with Crippen LogP contribution in [-0.4, -0.2) is 16.6 Å². The first kappa shape index (κ1) is 14.0. The summed E-state index contributed by atoms with van der Waals surface area (Å²) >= 11 is 6.54. The number of thiocarbonyl (C=S) groups is 1. The highest BCUT2D eigenvalue weighted by molar-refractivity contribution is 7.80. The summed E-state index contributed by atoms with van der Waals surface area (Å²) in [6.07, 6.45) is 2.19. The zero-order valence-electron chi connectivity index (χ0n) is 10.5. The van der Waals surface area contributed by atoms with Crippen LogP contribution in [0.2, 0.25) is 0 Å². The molecular formula is C12H15FN4S2. The van der Waals surface area contributed by atoms with Crippen molar-refractivity contribution in [2.45, 2.75) is 19.8 Å². The zero-order chi connectivity index (χ0) is 13.7. The fourth-order valence-corrected chi connectivity index (χ4v) is 2.44. The van der Waals surface area contributed by atoms with Crippen molar-refractivity contribution in [3.05, 3.63) is 24.0 Å². The molecule has 1 aromatic carbocycles. The van der Waals surface area contributed by atoms with Crippen LogP contribution in [-0.2, 0) is 0 Å². The Morgan fingerprint density at radius 3 is 3.11 bits per heavy atom. The molecule has 0 atom stereocenters. The lowest BCUT2D eigenvalue weighted by Crippen LogP contribution is -2.39. The van der Waals surface area contributed by atoms with Crippen LogP contribution < -0.4 is 16.2 Å². The number of thiazole rings is 1. The van der Waals surface area contributed by atoms with E-state index in [1.807, 2.05) is 0 Å². The number of hydrazine groups is 1. The molecule has 0 aliphatic rings. The third-order valence-corrected chi connectivity index (χ3v) is 3.65. The molecule has 4 nitrogen and oxygen atoms in total. The fourth-order valence-electron chi connectivity index (χ4n) is 1.49. The van der Waals surface area contributed by atoms with E-state index in [0.29, 0.717) is 15.8 Å². The predicted molar refractivity (Wildman–Crippen MR) is 81.8 cm³/mol. The summed E-state index contributed by atoms with van der Waals surface area (Å²) in [5.41, 5.74) is 6.41. The predicted octanol–water partition coefficient (Wildman–Crippen LogP) is 3.03. The largest absolute Gasteiger partial charge is 0.361 e. The normalized spacial score (nSPS) is 10.4. The molecule has 0 amide bonds. The molecule has 0 saturated heterocycles. The average Bonchev–Trinajstić information content (AvgIpc) is 2.78. The van der Waals surface area contributed by atoms with E-state index in [4.69, 9.17) is 12.2 Å². The maximum Gasteiger partial charge on any atom is 0.202 e. The minimum absolute atomic E-state index is 0.283. The van der Waals surface area contributed by atoms with Gasteiger partial charge in [0.05, 0.1) is 10.2 Å². The monoisotopic (exact) mass is 298 g/mol. The summed E-state index contributed by atoms with van der Waals surface area (Å²) in [6.45, 7) is 2.96. The number of fused-ring (bicyclic) bond motifs is 1. The van der Waals surface area contributed by atoms with Crippen LogP contribution in [0.5, 0.6) is 0 Å². The Morgan fingerprint density at radius 2 is 2.32 bits per heavy atom. The second kappa shape index (κ2) is 6.63. The summed E-state index contributed by atoms with van der Waals surface area (Å²) in [6, 6.07) is 4.55. The topological polar surface area (TPSA) is 49.0 Å². The van der Waals surface area contributed by atoms with Crippen LogP contribution in [0.1, 0.15) is 19.8 Å². The summed E-state index contributed by atoms with van der Waals surface area (Å²) < 4.78 is 14.0. The summed E-state index contributed by atoms with van der Waals surface area (Å²) in [7, 11) is 0. The standard InChI is InChI=1S/C12H15FN4S2/c1-2-3-6-14-11(18)16-17-12-15-9-7-8(13)4-5-10(9)19-12/h4-5,7H,2-3,6H2,1H3,(H,15,17)(H2,14,16,18). The number of nitrogens with zero attached hydrogens (tertiary/aromatic N) is 1. The van der Waals surface area contributed by atoms with Crippen molar-refractivity contribution < 1.29 is 4.39 Å².